The van der Waals surface area contributed by atoms with E-state index < -0.39 is 5.97 Å². The standard InChI is InChI=1S/C23H24N6O2/c1-14-22-19-8-5-16(17-12-24-28(2)13-17)11-20(19)21(9-10-29(22)27-26-14)25-18-6-3-15(4-7-18)23(30)31/h3-8,11-13,21,25-27H,9-10H2,1-2H3,(H,30,31). The van der Waals surface area contributed by atoms with Crippen LogP contribution in [-0.4, -0.2) is 32.4 Å². The Balaban J connectivity index is 1.57. The molecule has 158 valence electrons. The van der Waals surface area contributed by atoms with Crippen LogP contribution >= 0.6 is 0 Å². The van der Waals surface area contributed by atoms with E-state index in [2.05, 4.69) is 51.5 Å². The molecule has 8 heteroatoms. The van der Waals surface area contributed by atoms with Crippen LogP contribution in [0.25, 0.3) is 16.8 Å². The molecule has 4 N–H and O–H groups in total. The zero-order chi connectivity index (χ0) is 21.5. The van der Waals surface area contributed by atoms with Gasteiger partial charge >= 0.3 is 5.97 Å². The highest BCUT2D eigenvalue weighted by molar-refractivity contribution is 5.88. The van der Waals surface area contributed by atoms with Gasteiger partial charge in [-0.25, -0.2) is 4.79 Å². The van der Waals surface area contributed by atoms with Gasteiger partial charge in [-0.3, -0.25) is 9.69 Å². The molecule has 0 saturated heterocycles. The molecule has 8 nitrogen and oxygen atoms in total. The smallest absolute Gasteiger partial charge is 0.335 e. The van der Waals surface area contributed by atoms with Crippen LogP contribution in [0, 0.1) is 0 Å². The number of nitrogens with zero attached hydrogens (tertiary/aromatic N) is 3. The summed E-state index contributed by atoms with van der Waals surface area (Å²) in [4.78, 5) is 11.2. The monoisotopic (exact) mass is 416 g/mol. The van der Waals surface area contributed by atoms with Crippen molar-refractivity contribution in [1.29, 1.82) is 0 Å². The van der Waals surface area contributed by atoms with E-state index in [4.69, 9.17) is 0 Å². The zero-order valence-electron chi connectivity index (χ0n) is 17.4. The Kier molecular flexibility index (Phi) is 4.63. The van der Waals surface area contributed by atoms with Crippen LogP contribution in [-0.2, 0) is 7.05 Å². The van der Waals surface area contributed by atoms with E-state index in [1.54, 1.807) is 16.8 Å². The number of rotatable bonds is 4. The Labute approximate surface area is 180 Å². The summed E-state index contributed by atoms with van der Waals surface area (Å²) in [7, 11) is 1.92. The minimum Gasteiger partial charge on any atom is -0.478 e. The molecule has 0 amide bonds. The molecule has 1 unspecified atom stereocenters. The lowest BCUT2D eigenvalue weighted by Crippen LogP contribution is -2.37. The third kappa shape index (κ3) is 3.51. The maximum atomic E-state index is 11.2. The number of carbonyl (C=O) groups is 1. The first-order chi connectivity index (χ1) is 15.0. The molecule has 31 heavy (non-hydrogen) atoms. The molecule has 3 aromatic rings. The maximum Gasteiger partial charge on any atom is 0.335 e. The van der Waals surface area contributed by atoms with E-state index in [0.717, 1.165) is 41.2 Å². The van der Waals surface area contributed by atoms with Crippen LogP contribution in [0.4, 0.5) is 5.69 Å². The Morgan fingerprint density at radius 1 is 1.19 bits per heavy atom. The number of benzene rings is 2. The van der Waals surface area contributed by atoms with Crippen molar-refractivity contribution in [2.45, 2.75) is 19.4 Å². The van der Waals surface area contributed by atoms with E-state index in [9.17, 15) is 9.90 Å². The minimum atomic E-state index is -0.922. The van der Waals surface area contributed by atoms with Crippen molar-refractivity contribution in [2.75, 3.05) is 11.9 Å². The van der Waals surface area contributed by atoms with Crippen LogP contribution in [0.5, 0.6) is 0 Å². The van der Waals surface area contributed by atoms with Gasteiger partial charge in [0, 0.05) is 36.6 Å². The van der Waals surface area contributed by atoms with E-state index in [0.29, 0.717) is 0 Å². The molecule has 0 spiro atoms. The molecule has 0 saturated carbocycles. The van der Waals surface area contributed by atoms with Gasteiger partial charge in [-0.15, -0.1) is 5.53 Å². The molecule has 5 rings (SSSR count). The topological polar surface area (TPSA) is 94.5 Å². The van der Waals surface area contributed by atoms with E-state index in [-0.39, 0.29) is 11.6 Å². The number of hydrogen-bond acceptors (Lipinski definition) is 6. The van der Waals surface area contributed by atoms with Gasteiger partial charge in [0.05, 0.1) is 29.2 Å². The molecule has 2 aromatic carbocycles. The summed E-state index contributed by atoms with van der Waals surface area (Å²) in [5.74, 6) is -0.922. The van der Waals surface area contributed by atoms with Crippen LogP contribution in [0.3, 0.4) is 0 Å². The first kappa shape index (κ1) is 19.2. The van der Waals surface area contributed by atoms with Gasteiger partial charge in [0.1, 0.15) is 0 Å². The summed E-state index contributed by atoms with van der Waals surface area (Å²) < 4.78 is 1.81. The largest absolute Gasteiger partial charge is 0.478 e. The molecule has 0 fully saturated rings. The second-order valence-electron chi connectivity index (χ2n) is 7.93. The number of aromatic nitrogens is 2. The molecule has 1 atom stereocenters. The third-order valence-electron chi connectivity index (χ3n) is 5.84. The quantitative estimate of drug-likeness (QED) is 0.518. The lowest BCUT2D eigenvalue weighted by atomic mass is 9.93. The lowest BCUT2D eigenvalue weighted by molar-refractivity contribution is 0.0697. The number of allylic oxidation sites excluding steroid dienone is 1. The van der Waals surface area contributed by atoms with E-state index in [1.807, 2.05) is 31.6 Å². The van der Waals surface area contributed by atoms with Crippen molar-refractivity contribution in [3.8, 4) is 11.1 Å². The summed E-state index contributed by atoms with van der Waals surface area (Å²) in [5.41, 5.74) is 14.4. The number of hydrazine groups is 2. The molecule has 2 aliphatic rings. The predicted octanol–water partition coefficient (Wildman–Crippen LogP) is 3.36. The van der Waals surface area contributed by atoms with Gasteiger partial charge in [0.2, 0.25) is 0 Å². The van der Waals surface area contributed by atoms with Crippen molar-refractivity contribution in [1.82, 2.24) is 25.7 Å². The number of aryl methyl sites for hydroxylation is 1. The Morgan fingerprint density at radius 2 is 2.00 bits per heavy atom. The fourth-order valence-electron chi connectivity index (χ4n) is 4.27. The molecule has 0 radical (unpaired) electrons. The van der Waals surface area contributed by atoms with Gasteiger partial charge in [-0.05, 0) is 54.8 Å². The Hall–Kier alpha value is -3.78. The highest BCUT2D eigenvalue weighted by Crippen LogP contribution is 2.39. The SMILES string of the molecule is CC1=C2c3ccc(-c4cnn(C)c4)cc3C(Nc3ccc(C(=O)O)cc3)CCN2NN1. The van der Waals surface area contributed by atoms with Crippen molar-refractivity contribution in [3.05, 3.63) is 77.2 Å². The molecule has 1 aromatic heterocycles. The van der Waals surface area contributed by atoms with Gasteiger partial charge in [-0.1, -0.05) is 12.1 Å². The lowest BCUT2D eigenvalue weighted by Gasteiger charge is -2.21. The second-order valence-corrected chi connectivity index (χ2v) is 7.93. The normalized spacial score (nSPS) is 17.6. The average molecular weight is 416 g/mol. The summed E-state index contributed by atoms with van der Waals surface area (Å²) in [6.07, 6.45) is 4.76. The predicted molar refractivity (Wildman–Crippen MR) is 119 cm³/mol. The molecular weight excluding hydrogens is 392 g/mol. The fourth-order valence-corrected chi connectivity index (χ4v) is 4.27. The Bertz CT molecular complexity index is 1180. The third-order valence-corrected chi connectivity index (χ3v) is 5.84. The minimum absolute atomic E-state index is 0.0648. The molecule has 3 heterocycles. The van der Waals surface area contributed by atoms with Crippen LogP contribution in [0.1, 0.15) is 40.9 Å². The molecule has 0 aliphatic carbocycles. The number of nitrogens with one attached hydrogen (secondary N) is 3. The highest BCUT2D eigenvalue weighted by atomic mass is 16.4. The first-order valence-corrected chi connectivity index (χ1v) is 10.2. The highest BCUT2D eigenvalue weighted by Gasteiger charge is 2.30. The summed E-state index contributed by atoms with van der Waals surface area (Å²) in [6, 6.07) is 13.5. The summed E-state index contributed by atoms with van der Waals surface area (Å²) >= 11 is 0. The van der Waals surface area contributed by atoms with Crippen LogP contribution < -0.4 is 16.3 Å². The number of hydrogen-bond donors (Lipinski definition) is 4. The van der Waals surface area contributed by atoms with Crippen molar-refractivity contribution in [2.24, 2.45) is 7.05 Å². The molecule has 0 bridgehead atoms. The number of carboxylic acids is 1. The summed E-state index contributed by atoms with van der Waals surface area (Å²) in [5, 5.41) is 19.3. The van der Waals surface area contributed by atoms with Gasteiger partial charge in [0.15, 0.2) is 0 Å². The van der Waals surface area contributed by atoms with E-state index in [1.165, 1.54) is 11.1 Å². The van der Waals surface area contributed by atoms with E-state index >= 15 is 0 Å². The van der Waals surface area contributed by atoms with Crippen LogP contribution in [0.2, 0.25) is 0 Å². The van der Waals surface area contributed by atoms with Crippen LogP contribution in [0.15, 0.2) is 60.6 Å². The van der Waals surface area contributed by atoms with Crippen molar-refractivity contribution >= 4 is 17.4 Å². The number of fused-ring (bicyclic) bond motifs is 3. The van der Waals surface area contributed by atoms with Crippen molar-refractivity contribution < 1.29 is 9.90 Å². The molecule has 2 aliphatic heterocycles. The summed E-state index contributed by atoms with van der Waals surface area (Å²) in [6.45, 7) is 2.89. The van der Waals surface area contributed by atoms with Gasteiger partial charge in [0.25, 0.3) is 0 Å². The van der Waals surface area contributed by atoms with Gasteiger partial charge < -0.3 is 15.8 Å². The van der Waals surface area contributed by atoms with Crippen molar-refractivity contribution in [3.63, 3.8) is 0 Å². The maximum absolute atomic E-state index is 11.2. The first-order valence-electron chi connectivity index (χ1n) is 10.2. The number of anilines is 1. The second kappa shape index (κ2) is 7.48. The fraction of sp³-hybridized carbons (Fsp3) is 0.217. The Morgan fingerprint density at radius 3 is 2.71 bits per heavy atom. The number of aromatic carboxylic acids is 1. The van der Waals surface area contributed by atoms with Gasteiger partial charge in [-0.2, -0.15) is 5.10 Å². The number of carboxylic acid groups (broad SMARTS) is 1. The average Bonchev–Trinajstić information content (AvgIpc) is 3.32. The molecular formula is C23H24N6O2. The zero-order valence-corrected chi connectivity index (χ0v) is 17.4.